The van der Waals surface area contributed by atoms with Crippen molar-refractivity contribution in [3.8, 4) is 5.75 Å². The number of fused-ring (bicyclic) bond motifs is 3. The number of carbonyl (C=O) groups excluding carboxylic acids is 1. The van der Waals surface area contributed by atoms with Gasteiger partial charge in [-0.2, -0.15) is 13.5 Å². The van der Waals surface area contributed by atoms with Crippen LogP contribution in [0.3, 0.4) is 0 Å². The fourth-order valence-corrected chi connectivity index (χ4v) is 8.38. The molecule has 1 saturated carbocycles. The number of ether oxygens (including phenoxy) is 1. The number of carbonyl (C=O) groups is 1. The van der Waals surface area contributed by atoms with E-state index < -0.39 is 33.5 Å². The van der Waals surface area contributed by atoms with E-state index >= 15 is 8.78 Å². The van der Waals surface area contributed by atoms with Crippen LogP contribution in [0.15, 0.2) is 70.0 Å². The van der Waals surface area contributed by atoms with Gasteiger partial charge in [-0.3, -0.25) is 4.79 Å². The number of hydrogen-bond donors (Lipinski definition) is 2. The van der Waals surface area contributed by atoms with Crippen LogP contribution in [0, 0.1) is 0 Å². The normalized spacial score (nSPS) is 23.8. The van der Waals surface area contributed by atoms with Crippen LogP contribution in [0.5, 0.6) is 5.75 Å². The molecule has 2 saturated heterocycles. The highest BCUT2D eigenvalue weighted by molar-refractivity contribution is 9.10. The predicted molar refractivity (Wildman–Crippen MR) is 164 cm³/mol. The maximum Gasteiger partial charge on any atom is 0.298 e. The van der Waals surface area contributed by atoms with Crippen LogP contribution in [-0.2, 0) is 20.7 Å². The fraction of sp³-hybridized carbons (Fsp3) is 0.469. The number of nitrogens with zero attached hydrogens (tertiary/aromatic N) is 1. The van der Waals surface area contributed by atoms with Gasteiger partial charge in [0, 0.05) is 28.2 Å². The second kappa shape index (κ2) is 12.1. The average Bonchev–Trinajstić information content (AvgIpc) is 3.26. The summed E-state index contributed by atoms with van der Waals surface area (Å²) >= 11 is 3.25. The van der Waals surface area contributed by atoms with Gasteiger partial charge in [-0.25, -0.2) is 8.42 Å². The van der Waals surface area contributed by atoms with Crippen molar-refractivity contribution in [1.29, 1.82) is 0 Å². The van der Waals surface area contributed by atoms with Crippen molar-refractivity contribution in [2.75, 3.05) is 0 Å². The molecule has 1 amide bonds. The number of hydrogen-bond acceptors (Lipinski definition) is 5. The molecule has 2 aliphatic heterocycles. The summed E-state index contributed by atoms with van der Waals surface area (Å²) in [6.07, 6.45) is 8.02. The SMILES string of the molecule is NC1CC2CCC(C1)N2C(=O)[C@H](NS(=O)(=O)c1ccc2cc(OC3CCCCC3)ccc2c1)C(F)(F)c1ccc(Br)cc1. The van der Waals surface area contributed by atoms with E-state index in [2.05, 4.69) is 20.7 Å². The molecule has 11 heteroatoms. The van der Waals surface area contributed by atoms with Gasteiger partial charge in [0.1, 0.15) is 5.75 Å². The molecule has 0 radical (unpaired) electrons. The summed E-state index contributed by atoms with van der Waals surface area (Å²) in [7, 11) is -4.53. The van der Waals surface area contributed by atoms with Crippen LogP contribution in [0.1, 0.15) is 63.4 Å². The van der Waals surface area contributed by atoms with E-state index in [1.165, 1.54) is 47.7 Å². The third kappa shape index (κ3) is 6.32. The maximum atomic E-state index is 16.2. The van der Waals surface area contributed by atoms with Crippen molar-refractivity contribution >= 4 is 42.6 Å². The highest BCUT2D eigenvalue weighted by Crippen LogP contribution is 2.40. The monoisotopic (exact) mass is 675 g/mol. The van der Waals surface area contributed by atoms with E-state index in [9.17, 15) is 13.2 Å². The Balaban J connectivity index is 1.30. The molecule has 3 fully saturated rings. The molecule has 0 spiro atoms. The highest BCUT2D eigenvalue weighted by atomic mass is 79.9. The summed E-state index contributed by atoms with van der Waals surface area (Å²) < 4.78 is 68.7. The summed E-state index contributed by atoms with van der Waals surface area (Å²) in [5.41, 5.74) is 5.70. The molecule has 3 aromatic carbocycles. The number of sulfonamides is 1. The molecule has 3 aliphatic rings. The molecule has 2 heterocycles. The molecule has 2 unspecified atom stereocenters. The van der Waals surface area contributed by atoms with E-state index in [-0.39, 0.29) is 29.1 Å². The van der Waals surface area contributed by atoms with E-state index in [4.69, 9.17) is 10.5 Å². The van der Waals surface area contributed by atoms with Gasteiger partial charge < -0.3 is 15.4 Å². The average molecular weight is 677 g/mol. The summed E-state index contributed by atoms with van der Waals surface area (Å²) in [4.78, 5) is 15.2. The molecule has 3 aromatic rings. The standard InChI is InChI=1S/C32H36BrF2N3O4S/c33-23-10-8-22(9-11-23)32(34,35)30(31(39)38-25-12-13-26(38)19-24(36)18-25)37-43(40,41)29-15-7-20-16-28(14-6-21(20)17-29)42-27-4-2-1-3-5-27/h6-11,14-17,24-27,30,37H,1-5,12-13,18-19,36H2/t24?,25?,26?,30-/m0/s1. The van der Waals surface area contributed by atoms with E-state index in [1.54, 1.807) is 18.2 Å². The first-order chi connectivity index (χ1) is 20.5. The van der Waals surface area contributed by atoms with Gasteiger partial charge in [0.15, 0.2) is 6.04 Å². The van der Waals surface area contributed by atoms with Crippen molar-refractivity contribution in [2.45, 2.75) is 98.9 Å². The third-order valence-electron chi connectivity index (χ3n) is 9.08. The summed E-state index contributed by atoms with van der Waals surface area (Å²) in [5.74, 6) is -4.04. The Hall–Kier alpha value is -2.60. The number of nitrogens with two attached hydrogens (primary N) is 1. The first kappa shape index (κ1) is 30.4. The molecule has 6 rings (SSSR count). The van der Waals surface area contributed by atoms with E-state index in [0.29, 0.717) is 41.3 Å². The molecule has 1 aliphatic carbocycles. The van der Waals surface area contributed by atoms with Crippen LogP contribution in [-0.4, -0.2) is 49.5 Å². The topological polar surface area (TPSA) is 102 Å². The fourth-order valence-electron chi connectivity index (χ4n) is 6.89. The van der Waals surface area contributed by atoms with Crippen molar-refractivity contribution in [2.24, 2.45) is 5.73 Å². The minimum Gasteiger partial charge on any atom is -0.490 e. The van der Waals surface area contributed by atoms with Crippen LogP contribution >= 0.6 is 15.9 Å². The Kier molecular flexibility index (Phi) is 8.54. The quantitative estimate of drug-likeness (QED) is 0.295. The summed E-state index contributed by atoms with van der Waals surface area (Å²) in [6, 6.07) is 12.1. The molecular weight excluding hydrogens is 640 g/mol. The molecular formula is C32H36BrF2N3O4S. The molecule has 0 aromatic heterocycles. The van der Waals surface area contributed by atoms with Crippen molar-refractivity contribution in [3.63, 3.8) is 0 Å². The lowest BCUT2D eigenvalue weighted by Crippen LogP contribution is -2.60. The van der Waals surface area contributed by atoms with Gasteiger partial charge in [-0.1, -0.05) is 46.6 Å². The third-order valence-corrected chi connectivity index (χ3v) is 11.0. The number of nitrogens with one attached hydrogen (secondary N) is 1. The van der Waals surface area contributed by atoms with Crippen LogP contribution in [0.4, 0.5) is 8.78 Å². The minimum absolute atomic E-state index is 0.116. The Morgan fingerprint density at radius 3 is 2.23 bits per heavy atom. The van der Waals surface area contributed by atoms with Gasteiger partial charge in [-0.05, 0) is 98.5 Å². The summed E-state index contributed by atoms with van der Waals surface area (Å²) in [6.45, 7) is 0. The largest absolute Gasteiger partial charge is 0.490 e. The molecule has 3 N–H and O–H groups in total. The Bertz CT molecular complexity index is 1580. The van der Waals surface area contributed by atoms with E-state index in [0.717, 1.165) is 31.1 Å². The zero-order valence-electron chi connectivity index (χ0n) is 23.7. The maximum absolute atomic E-state index is 16.2. The van der Waals surface area contributed by atoms with Crippen LogP contribution in [0.2, 0.25) is 0 Å². The second-order valence-electron chi connectivity index (χ2n) is 12.1. The van der Waals surface area contributed by atoms with Crippen molar-refractivity contribution < 1.29 is 26.7 Å². The lowest BCUT2D eigenvalue weighted by molar-refractivity contribution is -0.149. The Morgan fingerprint density at radius 1 is 0.930 bits per heavy atom. The first-order valence-electron chi connectivity index (χ1n) is 15.0. The zero-order chi connectivity index (χ0) is 30.4. The van der Waals surface area contributed by atoms with Crippen molar-refractivity contribution in [1.82, 2.24) is 9.62 Å². The van der Waals surface area contributed by atoms with Crippen LogP contribution in [0.25, 0.3) is 10.8 Å². The number of benzene rings is 3. The van der Waals surface area contributed by atoms with Gasteiger partial charge in [0.05, 0.1) is 11.0 Å². The van der Waals surface area contributed by atoms with Crippen LogP contribution < -0.4 is 15.2 Å². The van der Waals surface area contributed by atoms with E-state index in [1.807, 2.05) is 6.07 Å². The highest BCUT2D eigenvalue weighted by Gasteiger charge is 2.53. The van der Waals surface area contributed by atoms with Crippen molar-refractivity contribution in [3.05, 3.63) is 70.7 Å². The molecule has 230 valence electrons. The van der Waals surface area contributed by atoms with Gasteiger partial charge in [0.2, 0.25) is 15.9 Å². The molecule has 43 heavy (non-hydrogen) atoms. The number of amides is 1. The summed E-state index contributed by atoms with van der Waals surface area (Å²) in [5, 5.41) is 1.38. The minimum atomic E-state index is -4.53. The lowest BCUT2D eigenvalue weighted by Gasteiger charge is -2.41. The number of halogens is 3. The zero-order valence-corrected chi connectivity index (χ0v) is 26.1. The number of alkyl halides is 2. The smallest absolute Gasteiger partial charge is 0.298 e. The Morgan fingerprint density at radius 2 is 1.56 bits per heavy atom. The first-order valence-corrected chi connectivity index (χ1v) is 17.2. The van der Waals surface area contributed by atoms with Gasteiger partial charge in [0.25, 0.3) is 5.92 Å². The molecule has 3 atom stereocenters. The van der Waals surface area contributed by atoms with Gasteiger partial charge in [-0.15, -0.1) is 0 Å². The van der Waals surface area contributed by atoms with Gasteiger partial charge >= 0.3 is 0 Å². The second-order valence-corrected chi connectivity index (χ2v) is 14.7. The predicted octanol–water partition coefficient (Wildman–Crippen LogP) is 6.23. The number of rotatable bonds is 8. The number of piperidine rings is 1. The molecule has 7 nitrogen and oxygen atoms in total. The lowest BCUT2D eigenvalue weighted by atomic mass is 9.95. The molecule has 2 bridgehead atoms. The Labute approximate surface area is 259 Å².